The molecular formula is C5H11NOS. The predicted octanol–water partition coefficient (Wildman–Crippen LogP) is 0.266. The van der Waals surface area contributed by atoms with Gasteiger partial charge in [-0.25, -0.2) is 0 Å². The van der Waals surface area contributed by atoms with Crippen molar-refractivity contribution in [2.24, 2.45) is 5.73 Å². The van der Waals surface area contributed by atoms with Crippen LogP contribution in [-0.4, -0.2) is 23.8 Å². The van der Waals surface area contributed by atoms with Gasteiger partial charge in [0.05, 0.1) is 6.04 Å². The minimum absolute atomic E-state index is 0.264. The molecule has 0 aliphatic rings. The van der Waals surface area contributed by atoms with Gasteiger partial charge in [-0.15, -0.1) is 0 Å². The summed E-state index contributed by atoms with van der Waals surface area (Å²) in [6, 6.07) is -0.264. The summed E-state index contributed by atoms with van der Waals surface area (Å²) in [4.78, 5) is 9.87. The Kier molecular flexibility index (Phi) is 5.11. The maximum absolute atomic E-state index is 9.87. The molecule has 0 spiro atoms. The molecule has 0 aliphatic heterocycles. The van der Waals surface area contributed by atoms with Crippen molar-refractivity contribution >= 4 is 18.0 Å². The molecule has 0 fully saturated rings. The Morgan fingerprint density at radius 2 is 2.50 bits per heavy atom. The lowest BCUT2D eigenvalue weighted by atomic mass is 10.4. The van der Waals surface area contributed by atoms with Gasteiger partial charge in [0, 0.05) is 5.75 Å². The molecule has 3 heteroatoms. The molecule has 0 saturated carbocycles. The van der Waals surface area contributed by atoms with Gasteiger partial charge in [-0.3, -0.25) is 0 Å². The maximum Gasteiger partial charge on any atom is 0.137 e. The van der Waals surface area contributed by atoms with Crippen molar-refractivity contribution in [3.05, 3.63) is 0 Å². The topological polar surface area (TPSA) is 43.1 Å². The lowest BCUT2D eigenvalue weighted by Crippen LogP contribution is -2.24. The fourth-order valence-corrected chi connectivity index (χ4v) is 0.880. The smallest absolute Gasteiger partial charge is 0.137 e. The summed E-state index contributed by atoms with van der Waals surface area (Å²) in [5.41, 5.74) is 5.27. The minimum atomic E-state index is -0.264. The van der Waals surface area contributed by atoms with Gasteiger partial charge < -0.3 is 10.5 Å². The molecule has 1 atom stereocenters. The number of hydrogen-bond donors (Lipinski definition) is 1. The fourth-order valence-electron chi connectivity index (χ4n) is 0.293. The summed E-state index contributed by atoms with van der Waals surface area (Å²) >= 11 is 1.68. The van der Waals surface area contributed by atoms with Crippen LogP contribution in [0.4, 0.5) is 0 Å². The third kappa shape index (κ3) is 4.15. The van der Waals surface area contributed by atoms with Crippen LogP contribution in [0.2, 0.25) is 0 Å². The van der Waals surface area contributed by atoms with Gasteiger partial charge in [-0.1, -0.05) is 6.92 Å². The van der Waals surface area contributed by atoms with Crippen molar-refractivity contribution in [1.82, 2.24) is 0 Å². The van der Waals surface area contributed by atoms with E-state index in [-0.39, 0.29) is 6.04 Å². The summed E-state index contributed by atoms with van der Waals surface area (Å²) in [7, 11) is 0. The molecule has 0 saturated heterocycles. The number of thioether (sulfide) groups is 1. The van der Waals surface area contributed by atoms with Crippen LogP contribution < -0.4 is 5.73 Å². The molecular weight excluding hydrogens is 122 g/mol. The van der Waals surface area contributed by atoms with Gasteiger partial charge in [-0.05, 0) is 5.75 Å². The quantitative estimate of drug-likeness (QED) is 0.560. The van der Waals surface area contributed by atoms with Crippen molar-refractivity contribution in [3.63, 3.8) is 0 Å². The highest BCUT2D eigenvalue weighted by atomic mass is 32.2. The molecule has 0 heterocycles. The van der Waals surface area contributed by atoms with Gasteiger partial charge in [0.1, 0.15) is 6.29 Å². The Hall–Kier alpha value is -0.0200. The summed E-state index contributed by atoms with van der Waals surface area (Å²) in [5, 5.41) is 0. The summed E-state index contributed by atoms with van der Waals surface area (Å²) in [5.74, 6) is 1.78. The second-order valence-electron chi connectivity index (χ2n) is 1.46. The van der Waals surface area contributed by atoms with E-state index in [1.165, 1.54) is 0 Å². The second-order valence-corrected chi connectivity index (χ2v) is 2.78. The Labute approximate surface area is 53.8 Å². The molecule has 0 aromatic rings. The molecule has 2 nitrogen and oxygen atoms in total. The SMILES string of the molecule is CCSC[C@H](N)C=O. The van der Waals surface area contributed by atoms with Gasteiger partial charge in [-0.2, -0.15) is 11.8 Å². The predicted molar refractivity (Wildman–Crippen MR) is 37.0 cm³/mol. The van der Waals surface area contributed by atoms with Crippen LogP contribution in [0, 0.1) is 0 Å². The van der Waals surface area contributed by atoms with Gasteiger partial charge in [0.15, 0.2) is 0 Å². The Balaban J connectivity index is 2.98. The highest BCUT2D eigenvalue weighted by Crippen LogP contribution is 1.97. The Morgan fingerprint density at radius 3 is 2.88 bits per heavy atom. The monoisotopic (exact) mass is 133 g/mol. The first-order valence-corrected chi connectivity index (χ1v) is 3.75. The van der Waals surface area contributed by atoms with E-state index in [1.807, 2.05) is 6.92 Å². The zero-order valence-electron chi connectivity index (χ0n) is 4.96. The van der Waals surface area contributed by atoms with Crippen molar-refractivity contribution in [2.45, 2.75) is 13.0 Å². The largest absolute Gasteiger partial charge is 0.321 e. The zero-order chi connectivity index (χ0) is 6.41. The molecule has 0 bridgehead atoms. The van der Waals surface area contributed by atoms with Crippen LogP contribution in [-0.2, 0) is 4.79 Å². The summed E-state index contributed by atoms with van der Waals surface area (Å²) in [6.07, 6.45) is 0.780. The van der Waals surface area contributed by atoms with Crippen molar-refractivity contribution < 1.29 is 4.79 Å². The number of carbonyl (C=O) groups excluding carboxylic acids is 1. The van der Waals surface area contributed by atoms with E-state index in [9.17, 15) is 4.79 Å². The van der Waals surface area contributed by atoms with Crippen LogP contribution in [0.1, 0.15) is 6.92 Å². The zero-order valence-corrected chi connectivity index (χ0v) is 5.78. The van der Waals surface area contributed by atoms with Crippen LogP contribution in [0.25, 0.3) is 0 Å². The number of carbonyl (C=O) groups is 1. The molecule has 0 rings (SSSR count). The van der Waals surface area contributed by atoms with Crippen LogP contribution in [0.3, 0.4) is 0 Å². The number of nitrogens with two attached hydrogens (primary N) is 1. The Morgan fingerprint density at radius 1 is 1.88 bits per heavy atom. The highest BCUT2D eigenvalue weighted by molar-refractivity contribution is 7.99. The van der Waals surface area contributed by atoms with Gasteiger partial charge in [0.2, 0.25) is 0 Å². The fraction of sp³-hybridized carbons (Fsp3) is 0.800. The van der Waals surface area contributed by atoms with Crippen LogP contribution in [0.15, 0.2) is 0 Å². The maximum atomic E-state index is 9.87. The third-order valence-electron chi connectivity index (χ3n) is 0.689. The van der Waals surface area contributed by atoms with E-state index in [0.717, 1.165) is 17.8 Å². The van der Waals surface area contributed by atoms with E-state index in [1.54, 1.807) is 11.8 Å². The lowest BCUT2D eigenvalue weighted by molar-refractivity contribution is -0.108. The molecule has 2 N–H and O–H groups in total. The van der Waals surface area contributed by atoms with E-state index in [4.69, 9.17) is 5.73 Å². The second kappa shape index (κ2) is 5.12. The van der Waals surface area contributed by atoms with E-state index < -0.39 is 0 Å². The van der Waals surface area contributed by atoms with E-state index >= 15 is 0 Å². The standard InChI is InChI=1S/C5H11NOS/c1-2-8-4-5(6)3-7/h3,5H,2,4,6H2,1H3/t5-/m1/s1. The first-order valence-electron chi connectivity index (χ1n) is 2.60. The third-order valence-corrected chi connectivity index (χ3v) is 1.72. The van der Waals surface area contributed by atoms with Crippen molar-refractivity contribution in [1.29, 1.82) is 0 Å². The average Bonchev–Trinajstić information content (AvgIpc) is 1.83. The minimum Gasteiger partial charge on any atom is -0.321 e. The Bertz CT molecular complexity index is 67.4. The summed E-state index contributed by atoms with van der Waals surface area (Å²) in [6.45, 7) is 2.04. The molecule has 0 aliphatic carbocycles. The number of aldehydes is 1. The van der Waals surface area contributed by atoms with Crippen molar-refractivity contribution in [2.75, 3.05) is 11.5 Å². The lowest BCUT2D eigenvalue weighted by Gasteiger charge is -1.98. The molecule has 0 unspecified atom stereocenters. The number of rotatable bonds is 4. The molecule has 8 heavy (non-hydrogen) atoms. The summed E-state index contributed by atoms with van der Waals surface area (Å²) < 4.78 is 0. The highest BCUT2D eigenvalue weighted by Gasteiger charge is 1.95. The first-order chi connectivity index (χ1) is 3.81. The molecule has 0 aromatic heterocycles. The molecule has 0 aromatic carbocycles. The normalized spacial score (nSPS) is 13.2. The van der Waals surface area contributed by atoms with E-state index in [2.05, 4.69) is 0 Å². The molecule has 0 radical (unpaired) electrons. The first kappa shape index (κ1) is 7.98. The number of hydrogen-bond acceptors (Lipinski definition) is 3. The van der Waals surface area contributed by atoms with Crippen molar-refractivity contribution in [3.8, 4) is 0 Å². The van der Waals surface area contributed by atoms with Crippen LogP contribution >= 0.6 is 11.8 Å². The average molecular weight is 133 g/mol. The van der Waals surface area contributed by atoms with Crippen LogP contribution in [0.5, 0.6) is 0 Å². The molecule has 48 valence electrons. The van der Waals surface area contributed by atoms with Gasteiger partial charge >= 0.3 is 0 Å². The van der Waals surface area contributed by atoms with E-state index in [0.29, 0.717) is 0 Å². The van der Waals surface area contributed by atoms with Gasteiger partial charge in [0.25, 0.3) is 0 Å². The molecule has 0 amide bonds.